The van der Waals surface area contributed by atoms with Crippen molar-refractivity contribution < 1.29 is 9.59 Å². The summed E-state index contributed by atoms with van der Waals surface area (Å²) in [6.45, 7) is 2.42. The third-order valence-electron chi connectivity index (χ3n) is 4.69. The highest BCUT2D eigenvalue weighted by Crippen LogP contribution is 2.33. The number of rotatable bonds is 4. The van der Waals surface area contributed by atoms with Crippen LogP contribution in [0.1, 0.15) is 18.1 Å². The average molecular weight is 369 g/mol. The molecule has 6 nitrogen and oxygen atoms in total. The molecule has 0 radical (unpaired) electrons. The molecule has 0 spiro atoms. The van der Waals surface area contributed by atoms with Crippen molar-refractivity contribution in [2.45, 2.75) is 32.0 Å². The van der Waals surface area contributed by atoms with E-state index in [-0.39, 0.29) is 11.8 Å². The van der Waals surface area contributed by atoms with Crippen LogP contribution in [0.4, 0.5) is 5.69 Å². The van der Waals surface area contributed by atoms with Crippen molar-refractivity contribution in [2.75, 3.05) is 4.90 Å². The fourth-order valence-corrected chi connectivity index (χ4v) is 3.52. The molecule has 2 amide bonds. The average Bonchev–Trinajstić information content (AvgIpc) is 3.16. The second kappa shape index (κ2) is 6.53. The molecule has 2 atom stereocenters. The molecule has 0 aliphatic carbocycles. The lowest BCUT2D eigenvalue weighted by Crippen LogP contribution is -2.39. The number of aryl methyl sites for hydroxylation is 1. The number of nitrogens with zero attached hydrogens (tertiary/aromatic N) is 4. The van der Waals surface area contributed by atoms with Crippen molar-refractivity contribution >= 4 is 29.1 Å². The van der Waals surface area contributed by atoms with Crippen molar-refractivity contribution in [2.24, 2.45) is 10.3 Å². The molecular weight excluding hydrogens is 352 g/mol. The van der Waals surface area contributed by atoms with Crippen LogP contribution in [0.5, 0.6) is 0 Å². The fraction of sp³-hybridized carbons (Fsp3) is 0.263. The van der Waals surface area contributed by atoms with Crippen LogP contribution < -0.4 is 4.90 Å². The molecule has 2 aliphatic heterocycles. The van der Waals surface area contributed by atoms with E-state index in [1.54, 1.807) is 23.2 Å². The molecule has 0 saturated carbocycles. The van der Waals surface area contributed by atoms with E-state index in [2.05, 4.69) is 17.3 Å². The number of carbonyl (C=O) groups excluding carboxylic acids is 2. The summed E-state index contributed by atoms with van der Waals surface area (Å²) in [4.78, 5) is 26.9. The molecule has 1 saturated heterocycles. The number of halogens is 1. The van der Waals surface area contributed by atoms with Crippen LogP contribution in [0, 0.1) is 0 Å². The molecule has 2 heterocycles. The lowest BCUT2D eigenvalue weighted by atomic mass is 10.1. The molecule has 7 heteroatoms. The minimum atomic E-state index is -0.785. The summed E-state index contributed by atoms with van der Waals surface area (Å²) in [5.41, 5.74) is 2.63. The van der Waals surface area contributed by atoms with Crippen LogP contribution in [0.15, 0.2) is 58.9 Å². The summed E-state index contributed by atoms with van der Waals surface area (Å²) < 4.78 is 0. The minimum Gasteiger partial charge on any atom is -0.271 e. The third-order valence-corrected chi connectivity index (χ3v) is 4.93. The van der Waals surface area contributed by atoms with Gasteiger partial charge in [-0.1, -0.05) is 48.0 Å². The zero-order valence-electron chi connectivity index (χ0n) is 14.2. The van der Waals surface area contributed by atoms with Gasteiger partial charge in [0.25, 0.3) is 11.8 Å². The Morgan fingerprint density at radius 2 is 1.81 bits per heavy atom. The molecule has 26 heavy (non-hydrogen) atoms. The van der Waals surface area contributed by atoms with E-state index in [1.165, 1.54) is 4.90 Å². The number of imide groups is 1. The van der Waals surface area contributed by atoms with Crippen LogP contribution in [-0.2, 0) is 22.6 Å². The number of hydrogen-bond donors (Lipinski definition) is 0. The Bertz CT molecular complexity index is 897. The quantitative estimate of drug-likeness (QED) is 0.777. The Hall–Kier alpha value is -2.73. The number of amides is 2. The van der Waals surface area contributed by atoms with Crippen LogP contribution in [0.2, 0.25) is 5.02 Å². The van der Waals surface area contributed by atoms with Gasteiger partial charge >= 0.3 is 0 Å². The molecule has 0 aromatic heterocycles. The largest absolute Gasteiger partial charge is 0.271 e. The van der Waals surface area contributed by atoms with Gasteiger partial charge in [0.1, 0.15) is 0 Å². The minimum absolute atomic E-state index is 0.295. The second-order valence-corrected chi connectivity index (χ2v) is 6.79. The number of fused-ring (bicyclic) bond motifs is 1. The SMILES string of the molecule is CCc1ccc(N2C(=O)[C@H]3N=NN(Cc4cccc(Cl)c4)[C@@H]3C2=O)cc1. The third kappa shape index (κ3) is 2.76. The Kier molecular flexibility index (Phi) is 4.20. The highest BCUT2D eigenvalue weighted by molar-refractivity contribution is 6.30. The zero-order valence-corrected chi connectivity index (χ0v) is 14.9. The second-order valence-electron chi connectivity index (χ2n) is 6.35. The summed E-state index contributed by atoms with van der Waals surface area (Å²) in [5, 5.41) is 10.3. The van der Waals surface area contributed by atoms with E-state index >= 15 is 0 Å². The predicted octanol–water partition coefficient (Wildman–Crippen LogP) is 3.40. The van der Waals surface area contributed by atoms with E-state index < -0.39 is 12.1 Å². The van der Waals surface area contributed by atoms with Crippen molar-refractivity contribution in [3.05, 3.63) is 64.7 Å². The highest BCUT2D eigenvalue weighted by atomic mass is 35.5. The number of benzene rings is 2. The number of carbonyl (C=O) groups is 2. The first-order valence-electron chi connectivity index (χ1n) is 8.47. The van der Waals surface area contributed by atoms with Crippen LogP contribution in [0.3, 0.4) is 0 Å². The maximum Gasteiger partial charge on any atom is 0.263 e. The fourth-order valence-electron chi connectivity index (χ4n) is 3.31. The Balaban J connectivity index is 1.58. The summed E-state index contributed by atoms with van der Waals surface area (Å²) >= 11 is 6.02. The molecule has 0 bridgehead atoms. The van der Waals surface area contributed by atoms with Gasteiger partial charge in [-0.3, -0.25) is 14.6 Å². The Morgan fingerprint density at radius 1 is 1.04 bits per heavy atom. The molecule has 0 N–H and O–H groups in total. The van der Waals surface area contributed by atoms with E-state index in [0.29, 0.717) is 17.3 Å². The summed E-state index contributed by atoms with van der Waals surface area (Å²) in [6.07, 6.45) is 0.898. The van der Waals surface area contributed by atoms with Crippen molar-refractivity contribution in [1.82, 2.24) is 5.01 Å². The van der Waals surface area contributed by atoms with E-state index in [1.807, 2.05) is 30.3 Å². The summed E-state index contributed by atoms with van der Waals surface area (Å²) in [7, 11) is 0. The number of hydrogen-bond acceptors (Lipinski definition) is 5. The van der Waals surface area contributed by atoms with Crippen molar-refractivity contribution in [3.63, 3.8) is 0 Å². The number of anilines is 1. The molecular formula is C19H17ClN4O2. The molecule has 2 aliphatic rings. The topological polar surface area (TPSA) is 65.3 Å². The molecule has 0 unspecified atom stereocenters. The van der Waals surface area contributed by atoms with E-state index in [0.717, 1.165) is 17.5 Å². The first kappa shape index (κ1) is 16.7. The van der Waals surface area contributed by atoms with Crippen molar-refractivity contribution in [3.8, 4) is 0 Å². The maximum atomic E-state index is 12.9. The van der Waals surface area contributed by atoms with Gasteiger partial charge in [-0.2, -0.15) is 5.11 Å². The van der Waals surface area contributed by atoms with Gasteiger partial charge in [0.05, 0.1) is 12.2 Å². The van der Waals surface area contributed by atoms with Crippen LogP contribution in [0.25, 0.3) is 0 Å². The Labute approximate surface area is 156 Å². The van der Waals surface area contributed by atoms with Crippen LogP contribution in [-0.4, -0.2) is 28.9 Å². The van der Waals surface area contributed by atoms with Gasteiger partial charge < -0.3 is 0 Å². The Morgan fingerprint density at radius 3 is 2.50 bits per heavy atom. The normalized spacial score (nSPS) is 21.6. The van der Waals surface area contributed by atoms with E-state index in [9.17, 15) is 9.59 Å². The maximum absolute atomic E-state index is 12.9. The lowest BCUT2D eigenvalue weighted by molar-refractivity contribution is -0.123. The van der Waals surface area contributed by atoms with Gasteiger partial charge in [-0.25, -0.2) is 4.90 Å². The van der Waals surface area contributed by atoms with Crippen molar-refractivity contribution in [1.29, 1.82) is 0 Å². The lowest BCUT2D eigenvalue weighted by Gasteiger charge is -2.20. The molecule has 2 aromatic rings. The zero-order chi connectivity index (χ0) is 18.3. The molecule has 4 rings (SSSR count). The highest BCUT2D eigenvalue weighted by Gasteiger charge is 2.54. The van der Waals surface area contributed by atoms with Gasteiger partial charge in [0.2, 0.25) is 0 Å². The summed E-state index contributed by atoms with van der Waals surface area (Å²) in [5.74, 6) is -0.627. The first-order valence-corrected chi connectivity index (χ1v) is 8.85. The van der Waals surface area contributed by atoms with Crippen LogP contribution >= 0.6 is 11.6 Å². The van der Waals surface area contributed by atoms with Gasteiger partial charge in [-0.15, -0.1) is 0 Å². The van der Waals surface area contributed by atoms with Gasteiger partial charge in [0.15, 0.2) is 12.1 Å². The van der Waals surface area contributed by atoms with E-state index in [4.69, 9.17) is 11.6 Å². The molecule has 132 valence electrons. The monoisotopic (exact) mass is 368 g/mol. The predicted molar refractivity (Wildman–Crippen MR) is 97.7 cm³/mol. The van der Waals surface area contributed by atoms with Gasteiger partial charge in [-0.05, 0) is 41.8 Å². The molecule has 2 aromatic carbocycles. The molecule has 1 fully saturated rings. The first-order chi connectivity index (χ1) is 12.6. The smallest absolute Gasteiger partial charge is 0.263 e. The summed E-state index contributed by atoms with van der Waals surface area (Å²) in [6, 6.07) is 13.3. The standard InChI is InChI=1S/C19H17ClN4O2/c1-2-12-6-8-15(9-7-12)24-18(25)16-17(19(24)26)23(22-21-16)11-13-4-3-5-14(20)10-13/h3-10,16-17H,2,11H2,1H3/t16-,17-/m0/s1. The van der Waals surface area contributed by atoms with Gasteiger partial charge in [0, 0.05) is 5.02 Å².